The number of hydrogen-bond acceptors (Lipinski definition) is 4. The Balaban J connectivity index is 1.61. The van der Waals surface area contributed by atoms with Gasteiger partial charge in [0.15, 0.2) is 5.16 Å². The molecular formula is C20H22N4OS. The van der Waals surface area contributed by atoms with Gasteiger partial charge in [-0.1, -0.05) is 53.7 Å². The number of thioether (sulfide) groups is 1. The average molecular weight is 366 g/mol. The summed E-state index contributed by atoms with van der Waals surface area (Å²) in [4.78, 5) is 12.2. The topological polar surface area (TPSA) is 59.8 Å². The lowest BCUT2D eigenvalue weighted by atomic mass is 10.1. The number of amides is 1. The van der Waals surface area contributed by atoms with Crippen molar-refractivity contribution in [2.75, 3.05) is 5.75 Å². The largest absolute Gasteiger partial charge is 0.351 e. The van der Waals surface area contributed by atoms with Crippen LogP contribution >= 0.6 is 11.8 Å². The van der Waals surface area contributed by atoms with Crippen LogP contribution in [0.5, 0.6) is 0 Å². The lowest BCUT2D eigenvalue weighted by molar-refractivity contribution is -0.118. The van der Waals surface area contributed by atoms with Crippen LogP contribution in [0.15, 0.2) is 53.7 Å². The fourth-order valence-corrected chi connectivity index (χ4v) is 3.42. The van der Waals surface area contributed by atoms with Gasteiger partial charge in [0.25, 0.3) is 0 Å². The maximum Gasteiger partial charge on any atom is 0.230 e. The fraction of sp³-hybridized carbons (Fsp3) is 0.250. The van der Waals surface area contributed by atoms with Crippen molar-refractivity contribution >= 4 is 17.7 Å². The van der Waals surface area contributed by atoms with Gasteiger partial charge >= 0.3 is 0 Å². The molecule has 0 saturated heterocycles. The summed E-state index contributed by atoms with van der Waals surface area (Å²) in [5.74, 6) is 1.08. The molecule has 0 fully saturated rings. The van der Waals surface area contributed by atoms with Crippen molar-refractivity contribution in [1.82, 2.24) is 20.1 Å². The van der Waals surface area contributed by atoms with Crippen molar-refractivity contribution in [1.29, 1.82) is 0 Å². The Hall–Kier alpha value is -2.60. The zero-order valence-corrected chi connectivity index (χ0v) is 16.0. The molecule has 5 nitrogen and oxygen atoms in total. The molecule has 1 aromatic heterocycles. The Morgan fingerprint density at radius 3 is 2.54 bits per heavy atom. The smallest absolute Gasteiger partial charge is 0.230 e. The zero-order chi connectivity index (χ0) is 18.5. The minimum Gasteiger partial charge on any atom is -0.351 e. The molecule has 0 aliphatic carbocycles. The number of rotatable bonds is 6. The van der Waals surface area contributed by atoms with Crippen LogP contribution in [0.4, 0.5) is 0 Å². The van der Waals surface area contributed by atoms with Gasteiger partial charge in [-0.05, 0) is 44.0 Å². The van der Waals surface area contributed by atoms with Crippen LogP contribution in [-0.2, 0) is 11.3 Å². The summed E-state index contributed by atoms with van der Waals surface area (Å²) in [6.45, 7) is 6.54. The van der Waals surface area contributed by atoms with Gasteiger partial charge in [0.1, 0.15) is 5.82 Å². The van der Waals surface area contributed by atoms with Crippen molar-refractivity contribution in [3.8, 4) is 5.69 Å². The van der Waals surface area contributed by atoms with Crippen LogP contribution in [0, 0.1) is 20.8 Å². The van der Waals surface area contributed by atoms with Crippen molar-refractivity contribution in [2.24, 2.45) is 0 Å². The number of carbonyl (C=O) groups is 1. The number of nitrogens with zero attached hydrogens (tertiary/aromatic N) is 3. The molecule has 0 unspecified atom stereocenters. The van der Waals surface area contributed by atoms with Gasteiger partial charge in [0.05, 0.1) is 5.75 Å². The first-order valence-electron chi connectivity index (χ1n) is 8.47. The van der Waals surface area contributed by atoms with Gasteiger partial charge in [0.2, 0.25) is 5.91 Å². The summed E-state index contributed by atoms with van der Waals surface area (Å²) in [7, 11) is 0. The molecule has 1 amide bonds. The predicted molar refractivity (Wildman–Crippen MR) is 105 cm³/mol. The lowest BCUT2D eigenvalue weighted by Crippen LogP contribution is -2.24. The molecule has 0 spiro atoms. The molecule has 2 aromatic carbocycles. The van der Waals surface area contributed by atoms with E-state index in [0.29, 0.717) is 12.3 Å². The molecule has 0 radical (unpaired) electrons. The third kappa shape index (κ3) is 4.52. The second kappa shape index (κ2) is 8.19. The van der Waals surface area contributed by atoms with E-state index in [1.165, 1.54) is 22.9 Å². The Morgan fingerprint density at radius 2 is 1.81 bits per heavy atom. The lowest BCUT2D eigenvalue weighted by Gasteiger charge is -2.09. The van der Waals surface area contributed by atoms with Crippen LogP contribution in [0.2, 0.25) is 0 Å². The number of hydrogen-bond donors (Lipinski definition) is 1. The molecule has 3 aromatic rings. The van der Waals surface area contributed by atoms with Crippen molar-refractivity contribution < 1.29 is 4.79 Å². The second-order valence-corrected chi connectivity index (χ2v) is 7.20. The Bertz CT molecular complexity index is 902. The van der Waals surface area contributed by atoms with E-state index in [1.54, 1.807) is 0 Å². The summed E-state index contributed by atoms with van der Waals surface area (Å²) in [5.41, 5.74) is 4.48. The predicted octanol–water partition coefficient (Wildman–Crippen LogP) is 3.60. The number of aromatic nitrogens is 3. The second-order valence-electron chi connectivity index (χ2n) is 6.26. The third-order valence-electron chi connectivity index (χ3n) is 4.00. The molecule has 0 aliphatic heterocycles. The van der Waals surface area contributed by atoms with Crippen LogP contribution in [0.1, 0.15) is 22.5 Å². The van der Waals surface area contributed by atoms with Gasteiger partial charge in [-0.2, -0.15) is 0 Å². The van der Waals surface area contributed by atoms with E-state index in [0.717, 1.165) is 22.2 Å². The minimum atomic E-state index is -0.0213. The SMILES string of the molecule is Cc1ccc(CNC(=O)CSc2nnc(C)n2-c2cccc(C)c2)cc1. The standard InChI is InChI=1S/C20H22N4OS/c1-14-7-9-17(10-8-14)12-21-19(25)13-26-20-23-22-16(3)24(20)18-6-4-5-15(2)11-18/h4-11H,12-13H2,1-3H3,(H,21,25). The van der Waals surface area contributed by atoms with Crippen LogP contribution in [0.3, 0.4) is 0 Å². The van der Waals surface area contributed by atoms with Crippen molar-refractivity contribution in [2.45, 2.75) is 32.5 Å². The highest BCUT2D eigenvalue weighted by Crippen LogP contribution is 2.22. The Labute approximate surface area is 157 Å². The zero-order valence-electron chi connectivity index (χ0n) is 15.2. The first-order chi connectivity index (χ1) is 12.5. The molecule has 6 heteroatoms. The number of nitrogens with one attached hydrogen (secondary N) is 1. The van der Waals surface area contributed by atoms with Crippen molar-refractivity contribution in [3.63, 3.8) is 0 Å². The van der Waals surface area contributed by atoms with Gasteiger partial charge < -0.3 is 5.32 Å². The number of aryl methyl sites for hydroxylation is 3. The van der Waals surface area contributed by atoms with E-state index >= 15 is 0 Å². The van der Waals surface area contributed by atoms with Crippen LogP contribution in [0.25, 0.3) is 5.69 Å². The first kappa shape index (κ1) is 18.2. The van der Waals surface area contributed by atoms with Crippen LogP contribution in [-0.4, -0.2) is 26.4 Å². The van der Waals surface area contributed by atoms with Gasteiger partial charge in [-0.25, -0.2) is 0 Å². The average Bonchev–Trinajstić information content (AvgIpc) is 3.00. The van der Waals surface area contributed by atoms with E-state index < -0.39 is 0 Å². The first-order valence-corrected chi connectivity index (χ1v) is 9.45. The Morgan fingerprint density at radius 1 is 1.04 bits per heavy atom. The van der Waals surface area contributed by atoms with E-state index in [9.17, 15) is 4.79 Å². The summed E-state index contributed by atoms with van der Waals surface area (Å²) in [6.07, 6.45) is 0. The summed E-state index contributed by atoms with van der Waals surface area (Å²) < 4.78 is 1.98. The highest BCUT2D eigenvalue weighted by Gasteiger charge is 2.13. The molecular weight excluding hydrogens is 344 g/mol. The Kier molecular flexibility index (Phi) is 5.73. The molecule has 1 N–H and O–H groups in total. The molecule has 0 bridgehead atoms. The molecule has 0 saturated carbocycles. The van der Waals surface area contributed by atoms with E-state index in [2.05, 4.69) is 34.6 Å². The number of benzene rings is 2. The molecule has 0 aliphatic rings. The molecule has 26 heavy (non-hydrogen) atoms. The quantitative estimate of drug-likeness (QED) is 0.677. The maximum atomic E-state index is 12.2. The van der Waals surface area contributed by atoms with Crippen molar-refractivity contribution in [3.05, 3.63) is 71.0 Å². The van der Waals surface area contributed by atoms with E-state index in [4.69, 9.17) is 0 Å². The van der Waals surface area contributed by atoms with Gasteiger partial charge in [-0.15, -0.1) is 10.2 Å². The maximum absolute atomic E-state index is 12.2. The highest BCUT2D eigenvalue weighted by molar-refractivity contribution is 7.99. The monoisotopic (exact) mass is 366 g/mol. The highest BCUT2D eigenvalue weighted by atomic mass is 32.2. The van der Waals surface area contributed by atoms with E-state index in [-0.39, 0.29) is 5.91 Å². The van der Waals surface area contributed by atoms with Gasteiger partial charge in [-0.3, -0.25) is 9.36 Å². The minimum absolute atomic E-state index is 0.0213. The molecule has 134 valence electrons. The normalized spacial score (nSPS) is 10.7. The molecule has 0 atom stereocenters. The van der Waals surface area contributed by atoms with Gasteiger partial charge in [0, 0.05) is 12.2 Å². The number of carbonyl (C=O) groups excluding carboxylic acids is 1. The molecule has 3 rings (SSSR count). The molecule has 1 heterocycles. The summed E-state index contributed by atoms with van der Waals surface area (Å²) in [5, 5.41) is 12.0. The summed E-state index contributed by atoms with van der Waals surface area (Å²) in [6, 6.07) is 16.3. The fourth-order valence-electron chi connectivity index (χ4n) is 2.59. The third-order valence-corrected chi connectivity index (χ3v) is 4.93. The summed E-state index contributed by atoms with van der Waals surface area (Å²) >= 11 is 1.39. The van der Waals surface area contributed by atoms with Crippen LogP contribution < -0.4 is 5.32 Å². The van der Waals surface area contributed by atoms with E-state index in [1.807, 2.05) is 54.8 Å².